The Morgan fingerprint density at radius 1 is 1.17 bits per heavy atom. The fourth-order valence-corrected chi connectivity index (χ4v) is 2.38. The third kappa shape index (κ3) is 3.38. The number of carbonyl (C=O) groups is 1. The van der Waals surface area contributed by atoms with E-state index in [4.69, 9.17) is 9.47 Å². The molecule has 0 aliphatic heterocycles. The highest BCUT2D eigenvalue weighted by Crippen LogP contribution is 2.27. The van der Waals surface area contributed by atoms with Gasteiger partial charge in [-0.05, 0) is 17.7 Å². The zero-order valence-corrected chi connectivity index (χ0v) is 13.1. The molecule has 0 saturated heterocycles. The van der Waals surface area contributed by atoms with Crippen LogP contribution in [0.25, 0.3) is 10.9 Å². The van der Waals surface area contributed by atoms with E-state index in [2.05, 4.69) is 5.32 Å². The summed E-state index contributed by atoms with van der Waals surface area (Å²) in [6.45, 7) is 0.145. The summed E-state index contributed by atoms with van der Waals surface area (Å²) in [6.07, 6.45) is 0.729. The molecule has 1 aromatic heterocycles. The molecular formula is C18H16N2O4. The van der Waals surface area contributed by atoms with Crippen LogP contribution in [0, 0.1) is 5.21 Å². The van der Waals surface area contributed by atoms with Gasteiger partial charge in [0.15, 0.2) is 6.20 Å². The summed E-state index contributed by atoms with van der Waals surface area (Å²) in [5.41, 5.74) is 1.55. The number of benzene rings is 2. The molecule has 1 amide bonds. The van der Waals surface area contributed by atoms with E-state index in [0.29, 0.717) is 27.1 Å². The Hall–Kier alpha value is -3.28. The van der Waals surface area contributed by atoms with Gasteiger partial charge in [-0.25, -0.2) is 4.79 Å². The second-order valence-electron chi connectivity index (χ2n) is 5.13. The van der Waals surface area contributed by atoms with Crippen molar-refractivity contribution in [1.82, 2.24) is 0 Å². The van der Waals surface area contributed by atoms with Crippen LogP contribution in [0.15, 0.2) is 60.8 Å². The molecular weight excluding hydrogens is 308 g/mol. The molecule has 1 N–H and O–H groups in total. The molecule has 6 heteroatoms. The van der Waals surface area contributed by atoms with E-state index < -0.39 is 6.09 Å². The first-order valence-electron chi connectivity index (χ1n) is 7.35. The Kier molecular flexibility index (Phi) is 4.47. The van der Waals surface area contributed by atoms with Gasteiger partial charge in [-0.15, -0.1) is 0 Å². The first-order chi connectivity index (χ1) is 11.7. The average Bonchev–Trinajstić information content (AvgIpc) is 2.60. The van der Waals surface area contributed by atoms with Gasteiger partial charge in [-0.2, -0.15) is 4.73 Å². The summed E-state index contributed by atoms with van der Waals surface area (Å²) in [5, 5.41) is 15.3. The predicted octanol–water partition coefficient (Wildman–Crippen LogP) is 3.23. The summed E-state index contributed by atoms with van der Waals surface area (Å²) in [4.78, 5) is 12.1. The lowest BCUT2D eigenvalue weighted by Crippen LogP contribution is -2.27. The van der Waals surface area contributed by atoms with Gasteiger partial charge in [-0.3, -0.25) is 5.32 Å². The van der Waals surface area contributed by atoms with Gasteiger partial charge in [0.05, 0.1) is 12.5 Å². The van der Waals surface area contributed by atoms with Crippen molar-refractivity contribution in [3.63, 3.8) is 0 Å². The highest BCUT2D eigenvalue weighted by molar-refractivity contribution is 5.97. The van der Waals surface area contributed by atoms with Crippen molar-refractivity contribution in [2.75, 3.05) is 12.4 Å². The van der Waals surface area contributed by atoms with Crippen LogP contribution < -0.4 is 14.8 Å². The van der Waals surface area contributed by atoms with Gasteiger partial charge in [0.2, 0.25) is 5.52 Å². The van der Waals surface area contributed by atoms with E-state index in [1.54, 1.807) is 24.3 Å². The number of nitrogens with one attached hydrogen (secondary N) is 1. The summed E-state index contributed by atoms with van der Waals surface area (Å²) in [7, 11) is 1.52. The average molecular weight is 324 g/mol. The minimum Gasteiger partial charge on any atom is -0.618 e. The smallest absolute Gasteiger partial charge is 0.412 e. The first kappa shape index (κ1) is 15.6. The largest absolute Gasteiger partial charge is 0.618 e. The van der Waals surface area contributed by atoms with Crippen LogP contribution in [-0.4, -0.2) is 13.2 Å². The standard InChI is InChI=1S/C18H16N2O4/c1-23-15-10-14-8-5-9-20(22)17(14)16(11-15)19-18(21)24-12-13-6-3-2-4-7-13/h2-11H,12H2,1H3,(H,19,21). The predicted molar refractivity (Wildman–Crippen MR) is 89.7 cm³/mol. The zero-order valence-electron chi connectivity index (χ0n) is 13.1. The fraction of sp³-hybridized carbons (Fsp3) is 0.111. The number of amides is 1. The van der Waals surface area contributed by atoms with Crippen molar-refractivity contribution < 1.29 is 19.0 Å². The Morgan fingerprint density at radius 2 is 1.96 bits per heavy atom. The molecule has 0 aliphatic carbocycles. The summed E-state index contributed by atoms with van der Waals surface area (Å²) in [5.74, 6) is 0.534. The third-order valence-electron chi connectivity index (χ3n) is 3.52. The Labute approximate surface area is 138 Å². The van der Waals surface area contributed by atoms with Crippen molar-refractivity contribution >= 4 is 22.7 Å². The topological polar surface area (TPSA) is 74.5 Å². The van der Waals surface area contributed by atoms with Crippen LogP contribution in [-0.2, 0) is 11.3 Å². The Bertz CT molecular complexity index is 866. The normalized spacial score (nSPS) is 10.4. The number of hydrogen-bond donors (Lipinski definition) is 1. The van der Waals surface area contributed by atoms with Crippen LogP contribution >= 0.6 is 0 Å². The van der Waals surface area contributed by atoms with Gasteiger partial charge >= 0.3 is 6.09 Å². The van der Waals surface area contributed by atoms with Gasteiger partial charge in [-0.1, -0.05) is 30.3 Å². The van der Waals surface area contributed by atoms with Crippen molar-refractivity contribution in [3.05, 3.63) is 71.6 Å². The molecule has 0 fully saturated rings. The number of carbonyl (C=O) groups excluding carboxylic acids is 1. The van der Waals surface area contributed by atoms with Gasteiger partial charge in [0.25, 0.3) is 0 Å². The lowest BCUT2D eigenvalue weighted by Gasteiger charge is -2.11. The molecule has 0 atom stereocenters. The molecule has 0 spiro atoms. The van der Waals surface area contributed by atoms with Gasteiger partial charge < -0.3 is 14.7 Å². The minimum absolute atomic E-state index is 0.145. The van der Waals surface area contributed by atoms with Gasteiger partial charge in [0, 0.05) is 12.1 Å². The van der Waals surface area contributed by atoms with Crippen molar-refractivity contribution in [2.45, 2.75) is 6.61 Å². The molecule has 0 unspecified atom stereocenters. The molecule has 0 saturated carbocycles. The number of aromatic nitrogens is 1. The number of rotatable bonds is 4. The highest BCUT2D eigenvalue weighted by Gasteiger charge is 2.15. The summed E-state index contributed by atoms with van der Waals surface area (Å²) < 4.78 is 11.1. The van der Waals surface area contributed by atoms with Crippen LogP contribution in [0.5, 0.6) is 5.75 Å². The fourth-order valence-electron chi connectivity index (χ4n) is 2.38. The highest BCUT2D eigenvalue weighted by atomic mass is 16.5. The molecule has 0 aliphatic rings. The number of pyridine rings is 1. The quantitative estimate of drug-likeness (QED) is 0.590. The molecule has 24 heavy (non-hydrogen) atoms. The van der Waals surface area contributed by atoms with Crippen molar-refractivity contribution in [2.24, 2.45) is 0 Å². The number of nitrogens with zero attached hydrogens (tertiary/aromatic N) is 1. The number of hydrogen-bond acceptors (Lipinski definition) is 4. The lowest BCUT2D eigenvalue weighted by atomic mass is 10.2. The lowest BCUT2D eigenvalue weighted by molar-refractivity contribution is -0.576. The van der Waals surface area contributed by atoms with E-state index in [0.717, 1.165) is 5.56 Å². The minimum atomic E-state index is -0.641. The number of anilines is 1. The van der Waals surface area contributed by atoms with Crippen LogP contribution in [0.4, 0.5) is 10.5 Å². The molecule has 3 rings (SSSR count). The molecule has 6 nitrogen and oxygen atoms in total. The van der Waals surface area contributed by atoms with Crippen LogP contribution in [0.3, 0.4) is 0 Å². The maximum absolute atomic E-state index is 12.1. The molecule has 0 bridgehead atoms. The van der Waals surface area contributed by atoms with Crippen LogP contribution in [0.1, 0.15) is 5.56 Å². The SMILES string of the molecule is COc1cc(NC(=O)OCc2ccccc2)c2c(ccc[n+]2[O-])c1. The first-order valence-corrected chi connectivity index (χ1v) is 7.35. The zero-order chi connectivity index (χ0) is 16.9. The second-order valence-corrected chi connectivity index (χ2v) is 5.13. The van der Waals surface area contributed by atoms with E-state index in [1.165, 1.54) is 13.3 Å². The molecule has 1 heterocycles. The maximum atomic E-state index is 12.1. The van der Waals surface area contributed by atoms with Crippen molar-refractivity contribution in [1.29, 1.82) is 0 Å². The van der Waals surface area contributed by atoms with E-state index in [9.17, 15) is 10.0 Å². The van der Waals surface area contributed by atoms with Crippen LogP contribution in [0.2, 0.25) is 0 Å². The van der Waals surface area contributed by atoms with E-state index in [1.807, 2.05) is 30.3 Å². The van der Waals surface area contributed by atoms with Gasteiger partial charge in [0.1, 0.15) is 18.0 Å². The number of methoxy groups -OCH3 is 1. The van der Waals surface area contributed by atoms with E-state index in [-0.39, 0.29) is 6.61 Å². The van der Waals surface area contributed by atoms with E-state index >= 15 is 0 Å². The number of ether oxygens (including phenoxy) is 2. The molecule has 0 radical (unpaired) electrons. The Balaban J connectivity index is 1.82. The number of fused-ring (bicyclic) bond motifs is 1. The Morgan fingerprint density at radius 3 is 2.71 bits per heavy atom. The maximum Gasteiger partial charge on any atom is 0.412 e. The van der Waals surface area contributed by atoms with Crippen molar-refractivity contribution in [3.8, 4) is 5.75 Å². The monoisotopic (exact) mass is 324 g/mol. The third-order valence-corrected chi connectivity index (χ3v) is 3.52. The molecule has 3 aromatic rings. The second kappa shape index (κ2) is 6.87. The molecule has 2 aromatic carbocycles. The summed E-state index contributed by atoms with van der Waals surface area (Å²) >= 11 is 0. The summed E-state index contributed by atoms with van der Waals surface area (Å²) in [6, 6.07) is 16.1. The molecule has 122 valence electrons.